The Labute approximate surface area is 123 Å². The van der Waals surface area contributed by atoms with Gasteiger partial charge in [0.25, 0.3) is 0 Å². The monoisotopic (exact) mass is 287 g/mol. The normalized spacial score (nSPS) is 20.6. The van der Waals surface area contributed by atoms with Gasteiger partial charge in [0.1, 0.15) is 5.82 Å². The van der Waals surface area contributed by atoms with Crippen molar-refractivity contribution in [1.29, 1.82) is 0 Å². The Bertz CT molecular complexity index is 619. The Morgan fingerprint density at radius 3 is 2.57 bits per heavy atom. The van der Waals surface area contributed by atoms with Crippen LogP contribution >= 0.6 is 0 Å². The lowest BCUT2D eigenvalue weighted by Gasteiger charge is -2.26. The summed E-state index contributed by atoms with van der Waals surface area (Å²) in [6.07, 6.45) is 8.37. The van der Waals surface area contributed by atoms with E-state index in [0.29, 0.717) is 12.1 Å². The molecule has 1 saturated carbocycles. The van der Waals surface area contributed by atoms with Crippen molar-refractivity contribution in [1.82, 2.24) is 35.1 Å². The first-order chi connectivity index (χ1) is 10.3. The van der Waals surface area contributed by atoms with Crippen LogP contribution in [-0.4, -0.2) is 42.8 Å². The van der Waals surface area contributed by atoms with Gasteiger partial charge in [-0.25, -0.2) is 4.68 Å². The molecular weight excluding hydrogens is 266 g/mol. The second-order valence-corrected chi connectivity index (χ2v) is 6.13. The van der Waals surface area contributed by atoms with E-state index in [1.807, 2.05) is 17.8 Å². The zero-order chi connectivity index (χ0) is 14.2. The number of hydrogen-bond acceptors (Lipinski definition) is 5. The molecule has 2 aliphatic rings. The quantitative estimate of drug-likeness (QED) is 0.926. The van der Waals surface area contributed by atoms with Crippen molar-refractivity contribution in [2.75, 3.05) is 13.1 Å². The van der Waals surface area contributed by atoms with E-state index in [9.17, 15) is 0 Å². The molecule has 7 heteroatoms. The van der Waals surface area contributed by atoms with Crippen LogP contribution in [0.1, 0.15) is 50.0 Å². The van der Waals surface area contributed by atoms with E-state index >= 15 is 0 Å². The molecule has 4 rings (SSSR count). The summed E-state index contributed by atoms with van der Waals surface area (Å²) >= 11 is 0. The molecule has 0 radical (unpaired) electrons. The topological polar surface area (TPSA) is 73.5 Å². The van der Waals surface area contributed by atoms with Crippen LogP contribution in [0.5, 0.6) is 0 Å². The first-order valence-corrected chi connectivity index (χ1v) is 7.87. The second kappa shape index (κ2) is 5.22. The van der Waals surface area contributed by atoms with Crippen LogP contribution in [0.25, 0.3) is 11.5 Å². The lowest BCUT2D eigenvalue weighted by molar-refractivity contribution is 0.313. The van der Waals surface area contributed by atoms with Crippen molar-refractivity contribution >= 4 is 0 Å². The maximum Gasteiger partial charge on any atom is 0.186 e. The van der Waals surface area contributed by atoms with Gasteiger partial charge in [-0.05, 0) is 19.8 Å². The second-order valence-electron chi connectivity index (χ2n) is 6.13. The molecule has 0 bridgehead atoms. The Balaban J connectivity index is 1.66. The summed E-state index contributed by atoms with van der Waals surface area (Å²) in [5.74, 6) is 1.86. The van der Waals surface area contributed by atoms with Gasteiger partial charge in [-0.15, -0.1) is 15.3 Å². The van der Waals surface area contributed by atoms with Gasteiger partial charge in [-0.2, -0.15) is 0 Å². The molecule has 1 aliphatic heterocycles. The fourth-order valence-electron chi connectivity index (χ4n) is 3.34. The van der Waals surface area contributed by atoms with Crippen molar-refractivity contribution in [3.05, 3.63) is 12.0 Å². The Hall–Kier alpha value is -1.76. The van der Waals surface area contributed by atoms with Gasteiger partial charge in [0.15, 0.2) is 11.5 Å². The SMILES string of the molecule is Cc1nnc(-c2cn(C3CNC3)nn2)n1C1CCCCC1. The predicted octanol–water partition coefficient (Wildman–Crippen LogP) is 1.49. The highest BCUT2D eigenvalue weighted by atomic mass is 15.5. The average molecular weight is 287 g/mol. The van der Waals surface area contributed by atoms with E-state index in [1.54, 1.807) is 0 Å². The van der Waals surface area contributed by atoms with Gasteiger partial charge in [0, 0.05) is 19.1 Å². The zero-order valence-corrected chi connectivity index (χ0v) is 12.4. The van der Waals surface area contributed by atoms with Crippen LogP contribution < -0.4 is 5.32 Å². The minimum absolute atomic E-state index is 0.429. The third-order valence-electron chi connectivity index (χ3n) is 4.68. The maximum atomic E-state index is 4.36. The average Bonchev–Trinajstić information content (AvgIpc) is 3.05. The minimum atomic E-state index is 0.429. The standard InChI is InChI=1S/C14H21N7/c1-10-16-18-14(21(10)11-5-3-2-4-6-11)13-9-20(19-17-13)12-7-15-8-12/h9,11-12,15H,2-8H2,1H3. The molecule has 2 aromatic rings. The largest absolute Gasteiger partial charge is 0.312 e. The summed E-state index contributed by atoms with van der Waals surface area (Å²) in [6, 6.07) is 0.942. The van der Waals surface area contributed by atoms with Gasteiger partial charge in [0.2, 0.25) is 0 Å². The fraction of sp³-hybridized carbons (Fsp3) is 0.714. The number of rotatable bonds is 3. The lowest BCUT2D eigenvalue weighted by atomic mass is 9.95. The predicted molar refractivity (Wildman–Crippen MR) is 77.8 cm³/mol. The first kappa shape index (κ1) is 12.9. The van der Waals surface area contributed by atoms with Gasteiger partial charge in [0.05, 0.1) is 12.2 Å². The number of aromatic nitrogens is 6. The van der Waals surface area contributed by atoms with E-state index in [4.69, 9.17) is 0 Å². The van der Waals surface area contributed by atoms with Crippen LogP contribution in [0.3, 0.4) is 0 Å². The van der Waals surface area contributed by atoms with E-state index in [-0.39, 0.29) is 0 Å². The highest BCUT2D eigenvalue weighted by molar-refractivity contribution is 5.47. The number of hydrogen-bond donors (Lipinski definition) is 1. The summed E-state index contributed by atoms with van der Waals surface area (Å²) in [5.41, 5.74) is 0.841. The van der Waals surface area contributed by atoms with Crippen molar-refractivity contribution in [2.45, 2.75) is 51.1 Å². The first-order valence-electron chi connectivity index (χ1n) is 7.87. The molecule has 0 spiro atoms. The Morgan fingerprint density at radius 1 is 1.05 bits per heavy atom. The summed E-state index contributed by atoms with van der Waals surface area (Å²) < 4.78 is 4.22. The summed E-state index contributed by atoms with van der Waals surface area (Å²) in [6.45, 7) is 3.97. The lowest BCUT2D eigenvalue weighted by Crippen LogP contribution is -2.43. The molecule has 1 N–H and O–H groups in total. The molecule has 3 heterocycles. The van der Waals surface area contributed by atoms with Crippen LogP contribution in [0, 0.1) is 6.92 Å². The van der Waals surface area contributed by atoms with Crippen LogP contribution in [0.4, 0.5) is 0 Å². The van der Waals surface area contributed by atoms with Crippen LogP contribution in [-0.2, 0) is 0 Å². The third kappa shape index (κ3) is 2.25. The molecule has 7 nitrogen and oxygen atoms in total. The van der Waals surface area contributed by atoms with Gasteiger partial charge in [-0.1, -0.05) is 24.5 Å². The number of nitrogens with one attached hydrogen (secondary N) is 1. The summed E-state index contributed by atoms with van der Waals surface area (Å²) in [4.78, 5) is 0. The molecule has 1 aliphatic carbocycles. The minimum Gasteiger partial charge on any atom is -0.312 e. The molecule has 0 unspecified atom stereocenters. The highest BCUT2D eigenvalue weighted by Crippen LogP contribution is 2.32. The third-order valence-corrected chi connectivity index (χ3v) is 4.68. The van der Waals surface area contributed by atoms with Crippen molar-refractivity contribution < 1.29 is 0 Å². The van der Waals surface area contributed by atoms with Crippen LogP contribution in [0.15, 0.2) is 6.20 Å². The van der Waals surface area contributed by atoms with E-state index < -0.39 is 0 Å². The van der Waals surface area contributed by atoms with Crippen LogP contribution in [0.2, 0.25) is 0 Å². The van der Waals surface area contributed by atoms with Gasteiger partial charge >= 0.3 is 0 Å². The maximum absolute atomic E-state index is 4.36. The zero-order valence-electron chi connectivity index (χ0n) is 12.4. The Kier molecular flexibility index (Phi) is 3.21. The van der Waals surface area contributed by atoms with Gasteiger partial charge in [-0.3, -0.25) is 0 Å². The molecule has 1 saturated heterocycles. The molecular formula is C14H21N7. The van der Waals surface area contributed by atoms with Crippen molar-refractivity contribution in [2.24, 2.45) is 0 Å². The molecule has 0 atom stereocenters. The molecule has 21 heavy (non-hydrogen) atoms. The van der Waals surface area contributed by atoms with E-state index in [0.717, 1.165) is 30.4 Å². The summed E-state index contributed by atoms with van der Waals surface area (Å²) in [7, 11) is 0. The fourth-order valence-corrected chi connectivity index (χ4v) is 3.34. The van der Waals surface area contributed by atoms with Crippen molar-refractivity contribution in [3.63, 3.8) is 0 Å². The summed E-state index contributed by atoms with van der Waals surface area (Å²) in [5, 5.41) is 20.5. The number of nitrogens with zero attached hydrogens (tertiary/aromatic N) is 6. The molecule has 2 aromatic heterocycles. The smallest absolute Gasteiger partial charge is 0.186 e. The highest BCUT2D eigenvalue weighted by Gasteiger charge is 2.25. The Morgan fingerprint density at radius 2 is 1.86 bits per heavy atom. The molecule has 2 fully saturated rings. The molecule has 0 amide bonds. The number of aryl methyl sites for hydroxylation is 1. The van der Waals surface area contributed by atoms with E-state index in [2.05, 4.69) is 30.4 Å². The molecule has 112 valence electrons. The van der Waals surface area contributed by atoms with Crippen molar-refractivity contribution in [3.8, 4) is 11.5 Å². The van der Waals surface area contributed by atoms with Gasteiger partial charge < -0.3 is 9.88 Å². The van der Waals surface area contributed by atoms with E-state index in [1.165, 1.54) is 32.1 Å². The molecule has 0 aromatic carbocycles.